The summed E-state index contributed by atoms with van der Waals surface area (Å²) in [5.74, 6) is 2.57. The van der Waals surface area contributed by atoms with E-state index in [4.69, 9.17) is 15.2 Å². The molecule has 0 unspecified atom stereocenters. The van der Waals surface area contributed by atoms with Gasteiger partial charge in [0.05, 0.1) is 29.9 Å². The van der Waals surface area contributed by atoms with Crippen molar-refractivity contribution in [3.05, 3.63) is 48.3 Å². The summed E-state index contributed by atoms with van der Waals surface area (Å²) in [6, 6.07) is 13.6. The van der Waals surface area contributed by atoms with Gasteiger partial charge in [-0.05, 0) is 38.1 Å². The first-order valence-corrected chi connectivity index (χ1v) is 8.99. The number of nitrogens with zero attached hydrogens (tertiary/aromatic N) is 3. The quantitative estimate of drug-likeness (QED) is 0.295. The molecular formula is C20H26IN5O2. The van der Waals surface area contributed by atoms with Gasteiger partial charge in [0.15, 0.2) is 5.96 Å². The van der Waals surface area contributed by atoms with E-state index in [0.29, 0.717) is 31.2 Å². The number of nitrogens with two attached hydrogens (primary N) is 1. The van der Waals surface area contributed by atoms with Gasteiger partial charge < -0.3 is 25.1 Å². The van der Waals surface area contributed by atoms with Crippen LogP contribution in [0.2, 0.25) is 0 Å². The van der Waals surface area contributed by atoms with Crippen LogP contribution in [0, 0.1) is 0 Å². The molecule has 0 aliphatic carbocycles. The predicted octanol–water partition coefficient (Wildman–Crippen LogP) is 3.92. The van der Waals surface area contributed by atoms with Crippen LogP contribution in [0.1, 0.15) is 19.7 Å². The van der Waals surface area contributed by atoms with Crippen LogP contribution in [-0.4, -0.2) is 28.7 Å². The molecule has 3 rings (SSSR count). The first-order chi connectivity index (χ1) is 13.1. The molecule has 0 atom stereocenters. The summed E-state index contributed by atoms with van der Waals surface area (Å²) in [6.07, 6.45) is 0. The number of benzene rings is 2. The Balaban J connectivity index is 0.00000280. The number of para-hydroxylation sites is 2. The standard InChI is InChI=1S/C20H25N5O2.HI/c1-4-26-14-10-11-18(27-5-2)16(12-14)24-20(21)22-13-19-23-15-8-6-7-9-17(15)25(19)3;/h6-12H,4-5,13H2,1-3H3,(H3,21,22,24);1H. The third-order valence-corrected chi connectivity index (χ3v) is 4.10. The van der Waals surface area contributed by atoms with E-state index in [1.165, 1.54) is 0 Å². The zero-order valence-electron chi connectivity index (χ0n) is 16.3. The van der Waals surface area contributed by atoms with Gasteiger partial charge >= 0.3 is 0 Å². The zero-order valence-corrected chi connectivity index (χ0v) is 18.6. The lowest BCUT2D eigenvalue weighted by Crippen LogP contribution is -2.23. The monoisotopic (exact) mass is 495 g/mol. The molecule has 3 aromatic rings. The number of aryl methyl sites for hydroxylation is 1. The molecule has 2 aromatic carbocycles. The van der Waals surface area contributed by atoms with Gasteiger partial charge in [0.2, 0.25) is 0 Å². The topological polar surface area (TPSA) is 86.7 Å². The minimum absolute atomic E-state index is 0. The minimum Gasteiger partial charge on any atom is -0.494 e. The fourth-order valence-corrected chi connectivity index (χ4v) is 2.81. The van der Waals surface area contributed by atoms with Gasteiger partial charge in [0.25, 0.3) is 0 Å². The van der Waals surface area contributed by atoms with Gasteiger partial charge in [-0.2, -0.15) is 0 Å². The van der Waals surface area contributed by atoms with Crippen molar-refractivity contribution in [2.24, 2.45) is 17.8 Å². The van der Waals surface area contributed by atoms with Crippen LogP contribution in [-0.2, 0) is 13.6 Å². The van der Waals surface area contributed by atoms with Crippen LogP contribution in [0.15, 0.2) is 47.5 Å². The zero-order chi connectivity index (χ0) is 19.2. The first-order valence-electron chi connectivity index (χ1n) is 8.99. The van der Waals surface area contributed by atoms with E-state index in [-0.39, 0.29) is 29.9 Å². The molecule has 28 heavy (non-hydrogen) atoms. The average molecular weight is 495 g/mol. The summed E-state index contributed by atoms with van der Waals surface area (Å²) in [5.41, 5.74) is 8.82. The molecule has 0 fully saturated rings. The van der Waals surface area contributed by atoms with Crippen LogP contribution in [0.3, 0.4) is 0 Å². The second kappa shape index (κ2) is 10.2. The molecule has 0 aliphatic rings. The van der Waals surface area contributed by atoms with Crippen molar-refractivity contribution in [1.82, 2.24) is 9.55 Å². The van der Waals surface area contributed by atoms with Crippen molar-refractivity contribution < 1.29 is 9.47 Å². The van der Waals surface area contributed by atoms with E-state index in [1.807, 2.05) is 67.9 Å². The van der Waals surface area contributed by atoms with E-state index < -0.39 is 0 Å². The highest BCUT2D eigenvalue weighted by molar-refractivity contribution is 14.0. The maximum Gasteiger partial charge on any atom is 0.193 e. The molecule has 0 saturated carbocycles. The average Bonchev–Trinajstić information content (AvgIpc) is 2.99. The van der Waals surface area contributed by atoms with E-state index in [0.717, 1.165) is 22.6 Å². The number of imidazole rings is 1. The molecule has 0 saturated heterocycles. The number of aromatic nitrogens is 2. The molecule has 3 N–H and O–H groups in total. The molecule has 7 nitrogen and oxygen atoms in total. The highest BCUT2D eigenvalue weighted by atomic mass is 127. The fourth-order valence-electron chi connectivity index (χ4n) is 2.81. The summed E-state index contributed by atoms with van der Waals surface area (Å²) < 4.78 is 13.2. The van der Waals surface area contributed by atoms with Gasteiger partial charge in [-0.25, -0.2) is 9.98 Å². The lowest BCUT2D eigenvalue weighted by molar-refractivity contribution is 0.332. The smallest absolute Gasteiger partial charge is 0.193 e. The van der Waals surface area contributed by atoms with E-state index in [2.05, 4.69) is 15.3 Å². The Hall–Kier alpha value is -2.49. The van der Waals surface area contributed by atoms with Crippen LogP contribution < -0.4 is 20.5 Å². The SMILES string of the molecule is CCOc1ccc(OCC)c(NC(N)=NCc2nc3ccccc3n2C)c1.I. The number of hydrogen-bond donors (Lipinski definition) is 2. The Labute approximate surface area is 182 Å². The Morgan fingerprint density at radius 2 is 1.89 bits per heavy atom. The number of hydrogen-bond acceptors (Lipinski definition) is 4. The maximum atomic E-state index is 6.09. The van der Waals surface area contributed by atoms with Crippen molar-refractivity contribution in [1.29, 1.82) is 0 Å². The van der Waals surface area contributed by atoms with Gasteiger partial charge in [0, 0.05) is 13.1 Å². The summed E-state index contributed by atoms with van der Waals surface area (Å²) in [6.45, 7) is 5.39. The lowest BCUT2D eigenvalue weighted by atomic mass is 10.2. The molecule has 8 heteroatoms. The molecular weight excluding hydrogens is 469 g/mol. The summed E-state index contributed by atoms with van der Waals surface area (Å²) in [4.78, 5) is 9.03. The van der Waals surface area contributed by atoms with Gasteiger partial charge in [-0.3, -0.25) is 0 Å². The minimum atomic E-state index is 0. The summed E-state index contributed by atoms with van der Waals surface area (Å²) in [5, 5.41) is 3.10. The van der Waals surface area contributed by atoms with Crippen molar-refractivity contribution in [3.63, 3.8) is 0 Å². The highest BCUT2D eigenvalue weighted by Crippen LogP contribution is 2.29. The van der Waals surface area contributed by atoms with Crippen LogP contribution >= 0.6 is 24.0 Å². The maximum absolute atomic E-state index is 6.09. The first kappa shape index (κ1) is 21.8. The van der Waals surface area contributed by atoms with Gasteiger partial charge in [0.1, 0.15) is 23.9 Å². The van der Waals surface area contributed by atoms with Crippen molar-refractivity contribution in [2.75, 3.05) is 18.5 Å². The molecule has 1 heterocycles. The normalized spacial score (nSPS) is 11.2. The number of aliphatic imine (C=N–C) groups is 1. The van der Waals surface area contributed by atoms with Crippen molar-refractivity contribution >= 4 is 46.7 Å². The summed E-state index contributed by atoms with van der Waals surface area (Å²) in [7, 11) is 1.97. The van der Waals surface area contributed by atoms with Crippen LogP contribution in [0.5, 0.6) is 11.5 Å². The third-order valence-electron chi connectivity index (χ3n) is 4.10. The van der Waals surface area contributed by atoms with Gasteiger partial charge in [-0.1, -0.05) is 12.1 Å². The lowest BCUT2D eigenvalue weighted by Gasteiger charge is -2.14. The largest absolute Gasteiger partial charge is 0.494 e. The Kier molecular flexibility index (Phi) is 7.91. The Morgan fingerprint density at radius 3 is 2.61 bits per heavy atom. The molecule has 0 aliphatic heterocycles. The van der Waals surface area contributed by atoms with Crippen LogP contribution in [0.4, 0.5) is 5.69 Å². The third kappa shape index (κ3) is 5.06. The number of ether oxygens (including phenoxy) is 2. The number of anilines is 1. The van der Waals surface area contributed by atoms with E-state index in [9.17, 15) is 0 Å². The van der Waals surface area contributed by atoms with Crippen molar-refractivity contribution in [3.8, 4) is 11.5 Å². The Bertz CT molecular complexity index is 955. The van der Waals surface area contributed by atoms with E-state index >= 15 is 0 Å². The number of rotatable bonds is 7. The molecule has 1 aromatic heterocycles. The number of halogens is 1. The van der Waals surface area contributed by atoms with Crippen LogP contribution in [0.25, 0.3) is 11.0 Å². The van der Waals surface area contributed by atoms with E-state index in [1.54, 1.807) is 0 Å². The molecule has 0 amide bonds. The number of nitrogens with one attached hydrogen (secondary N) is 1. The molecule has 0 radical (unpaired) electrons. The second-order valence-corrected chi connectivity index (χ2v) is 5.93. The molecule has 0 bridgehead atoms. The number of guanidine groups is 1. The predicted molar refractivity (Wildman–Crippen MR) is 124 cm³/mol. The Morgan fingerprint density at radius 1 is 1.14 bits per heavy atom. The van der Waals surface area contributed by atoms with Gasteiger partial charge in [-0.15, -0.1) is 24.0 Å². The summed E-state index contributed by atoms with van der Waals surface area (Å²) >= 11 is 0. The van der Waals surface area contributed by atoms with Crippen molar-refractivity contribution in [2.45, 2.75) is 20.4 Å². The number of fused-ring (bicyclic) bond motifs is 1. The second-order valence-electron chi connectivity index (χ2n) is 5.93. The highest BCUT2D eigenvalue weighted by Gasteiger charge is 2.09. The molecule has 0 spiro atoms. The molecule has 150 valence electrons. The fraction of sp³-hybridized carbons (Fsp3) is 0.300.